The van der Waals surface area contributed by atoms with Gasteiger partial charge in [0.05, 0.1) is 23.7 Å². The number of anilines is 1. The first-order valence-electron chi connectivity index (χ1n) is 6.85. The molecule has 0 radical (unpaired) electrons. The molecule has 2 rings (SSSR count). The predicted molar refractivity (Wildman–Crippen MR) is 76.6 cm³/mol. The third kappa shape index (κ3) is 3.72. The van der Waals surface area contributed by atoms with E-state index in [1.807, 2.05) is 0 Å². The maximum Gasteiger partial charge on any atom is 0.306 e. The molecule has 1 amide bonds. The minimum atomic E-state index is -0.789. The number of nitrogens with zero attached hydrogens (tertiary/aromatic N) is 2. The molecule has 1 aliphatic rings. The Balaban J connectivity index is 1.86. The molecule has 0 aliphatic carbocycles. The number of hydrogen-bond donors (Lipinski definition) is 2. The molecule has 0 spiro atoms. The second-order valence-corrected chi connectivity index (χ2v) is 5.00. The van der Waals surface area contributed by atoms with Crippen LogP contribution in [0.2, 0.25) is 0 Å². The normalized spacial score (nSPS) is 15.3. The number of hydrogen-bond acceptors (Lipinski definition) is 4. The minimum absolute atomic E-state index is 0.0772. The molecular formula is C15H17N3O3. The third-order valence-corrected chi connectivity index (χ3v) is 3.67. The zero-order chi connectivity index (χ0) is 15.2. The van der Waals surface area contributed by atoms with Gasteiger partial charge in [0.15, 0.2) is 0 Å². The standard InChI is InChI=1S/C15H17N3O3/c16-9-12-3-1-2-4-13(12)17-10-14(19)18-7-5-11(6-8-18)15(20)21/h1-4,11,17H,5-8,10H2,(H,20,21). The summed E-state index contributed by atoms with van der Waals surface area (Å²) in [6, 6.07) is 9.07. The van der Waals surface area contributed by atoms with Crippen LogP contribution in [0.3, 0.4) is 0 Å². The number of nitrogens with one attached hydrogen (secondary N) is 1. The van der Waals surface area contributed by atoms with Crippen molar-refractivity contribution in [3.05, 3.63) is 29.8 Å². The number of benzene rings is 1. The van der Waals surface area contributed by atoms with E-state index in [0.717, 1.165) is 0 Å². The topological polar surface area (TPSA) is 93.4 Å². The van der Waals surface area contributed by atoms with Gasteiger partial charge in [0.25, 0.3) is 0 Å². The molecule has 6 heteroatoms. The first-order valence-corrected chi connectivity index (χ1v) is 6.85. The molecule has 2 N–H and O–H groups in total. The van der Waals surface area contributed by atoms with E-state index in [-0.39, 0.29) is 18.4 Å². The molecule has 1 aromatic rings. The van der Waals surface area contributed by atoms with Gasteiger partial charge in [-0.3, -0.25) is 9.59 Å². The fourth-order valence-corrected chi connectivity index (χ4v) is 2.39. The number of carboxylic acids is 1. The van der Waals surface area contributed by atoms with E-state index in [0.29, 0.717) is 37.2 Å². The van der Waals surface area contributed by atoms with Crippen LogP contribution in [0.25, 0.3) is 0 Å². The lowest BCUT2D eigenvalue weighted by molar-refractivity contribution is -0.145. The Hall–Kier alpha value is -2.55. The van der Waals surface area contributed by atoms with Crippen molar-refractivity contribution >= 4 is 17.6 Å². The van der Waals surface area contributed by atoms with Gasteiger partial charge in [0, 0.05) is 13.1 Å². The van der Waals surface area contributed by atoms with Crippen LogP contribution in [0.5, 0.6) is 0 Å². The number of rotatable bonds is 4. The Morgan fingerprint density at radius 1 is 1.33 bits per heavy atom. The Morgan fingerprint density at radius 3 is 2.62 bits per heavy atom. The average molecular weight is 287 g/mol. The van der Waals surface area contributed by atoms with Gasteiger partial charge in [-0.15, -0.1) is 0 Å². The van der Waals surface area contributed by atoms with E-state index in [9.17, 15) is 9.59 Å². The molecule has 0 atom stereocenters. The van der Waals surface area contributed by atoms with Gasteiger partial charge in [-0.25, -0.2) is 0 Å². The van der Waals surface area contributed by atoms with Gasteiger partial charge in [-0.2, -0.15) is 5.26 Å². The number of carboxylic acid groups (broad SMARTS) is 1. The Morgan fingerprint density at radius 2 is 2.00 bits per heavy atom. The largest absolute Gasteiger partial charge is 0.481 e. The second kappa shape index (κ2) is 6.75. The summed E-state index contributed by atoms with van der Waals surface area (Å²) in [6.45, 7) is 1.05. The lowest BCUT2D eigenvalue weighted by Gasteiger charge is -2.30. The SMILES string of the molecule is N#Cc1ccccc1NCC(=O)N1CCC(C(=O)O)CC1. The smallest absolute Gasteiger partial charge is 0.306 e. The first-order chi connectivity index (χ1) is 10.1. The third-order valence-electron chi connectivity index (χ3n) is 3.67. The number of carbonyl (C=O) groups excluding carboxylic acids is 1. The molecule has 0 unspecified atom stereocenters. The molecule has 110 valence electrons. The monoisotopic (exact) mass is 287 g/mol. The van der Waals surface area contributed by atoms with Crippen molar-refractivity contribution in [2.24, 2.45) is 5.92 Å². The van der Waals surface area contributed by atoms with Gasteiger partial charge < -0.3 is 15.3 Å². The molecule has 6 nitrogen and oxygen atoms in total. The summed E-state index contributed by atoms with van der Waals surface area (Å²) in [6.07, 6.45) is 0.992. The van der Waals surface area contributed by atoms with Crippen LogP contribution >= 0.6 is 0 Å². The van der Waals surface area contributed by atoms with Crippen LogP contribution < -0.4 is 5.32 Å². The molecule has 0 bridgehead atoms. The molecule has 1 saturated heterocycles. The molecule has 0 saturated carbocycles. The first kappa shape index (κ1) is 14.9. The highest BCUT2D eigenvalue weighted by atomic mass is 16.4. The van der Waals surface area contributed by atoms with Crippen LogP contribution in [0.4, 0.5) is 5.69 Å². The van der Waals surface area contributed by atoms with Crippen molar-refractivity contribution in [1.82, 2.24) is 4.90 Å². The van der Waals surface area contributed by atoms with Crippen LogP contribution in [-0.2, 0) is 9.59 Å². The highest BCUT2D eigenvalue weighted by Gasteiger charge is 2.26. The van der Waals surface area contributed by atoms with Crippen molar-refractivity contribution in [3.8, 4) is 6.07 Å². The quantitative estimate of drug-likeness (QED) is 0.870. The zero-order valence-corrected chi connectivity index (χ0v) is 11.6. The lowest BCUT2D eigenvalue weighted by atomic mass is 9.97. The van der Waals surface area contributed by atoms with Crippen LogP contribution in [-0.4, -0.2) is 41.5 Å². The maximum atomic E-state index is 12.1. The minimum Gasteiger partial charge on any atom is -0.481 e. The number of carbonyl (C=O) groups is 2. The fourth-order valence-electron chi connectivity index (χ4n) is 2.39. The second-order valence-electron chi connectivity index (χ2n) is 5.00. The summed E-state index contributed by atoms with van der Waals surface area (Å²) in [5.74, 6) is -1.21. The molecule has 1 aliphatic heterocycles. The summed E-state index contributed by atoms with van der Waals surface area (Å²) in [5, 5.41) is 20.9. The van der Waals surface area contributed by atoms with Crippen LogP contribution in [0.15, 0.2) is 24.3 Å². The molecule has 1 fully saturated rings. The van der Waals surface area contributed by atoms with Gasteiger partial charge in [0.1, 0.15) is 6.07 Å². The van der Waals surface area contributed by atoms with E-state index in [1.165, 1.54) is 0 Å². The van der Waals surface area contributed by atoms with Gasteiger partial charge in [-0.1, -0.05) is 12.1 Å². The number of aliphatic carboxylic acids is 1. The number of likely N-dealkylation sites (tertiary alicyclic amines) is 1. The van der Waals surface area contributed by atoms with Gasteiger partial charge >= 0.3 is 5.97 Å². The number of nitriles is 1. The fraction of sp³-hybridized carbons (Fsp3) is 0.400. The van der Waals surface area contributed by atoms with E-state index >= 15 is 0 Å². The van der Waals surface area contributed by atoms with E-state index in [4.69, 9.17) is 10.4 Å². The zero-order valence-electron chi connectivity index (χ0n) is 11.6. The maximum absolute atomic E-state index is 12.1. The van der Waals surface area contributed by atoms with Crippen molar-refractivity contribution < 1.29 is 14.7 Å². The van der Waals surface area contributed by atoms with Crippen molar-refractivity contribution in [3.63, 3.8) is 0 Å². The molecule has 21 heavy (non-hydrogen) atoms. The summed E-state index contributed by atoms with van der Waals surface area (Å²) < 4.78 is 0. The Labute approximate surface area is 123 Å². The van der Waals surface area contributed by atoms with E-state index in [1.54, 1.807) is 29.2 Å². The number of amides is 1. The average Bonchev–Trinajstić information content (AvgIpc) is 2.52. The van der Waals surface area contributed by atoms with Crippen molar-refractivity contribution in [1.29, 1.82) is 5.26 Å². The van der Waals surface area contributed by atoms with E-state index < -0.39 is 5.97 Å². The van der Waals surface area contributed by atoms with Crippen LogP contribution in [0, 0.1) is 17.2 Å². The van der Waals surface area contributed by atoms with Crippen LogP contribution in [0.1, 0.15) is 18.4 Å². The lowest BCUT2D eigenvalue weighted by Crippen LogP contribution is -2.42. The van der Waals surface area contributed by atoms with Crippen molar-refractivity contribution in [2.75, 3.05) is 25.0 Å². The summed E-state index contributed by atoms with van der Waals surface area (Å²) in [7, 11) is 0. The molecule has 1 heterocycles. The van der Waals surface area contributed by atoms with Crippen molar-refractivity contribution in [2.45, 2.75) is 12.8 Å². The summed E-state index contributed by atoms with van der Waals surface area (Å²) in [4.78, 5) is 24.6. The Bertz CT molecular complexity index is 572. The number of piperidine rings is 1. The molecule has 0 aromatic heterocycles. The van der Waals surface area contributed by atoms with Gasteiger partial charge in [-0.05, 0) is 25.0 Å². The molecular weight excluding hydrogens is 270 g/mol. The van der Waals surface area contributed by atoms with Gasteiger partial charge in [0.2, 0.25) is 5.91 Å². The predicted octanol–water partition coefficient (Wildman–Crippen LogP) is 1.29. The highest BCUT2D eigenvalue weighted by molar-refractivity contribution is 5.81. The highest BCUT2D eigenvalue weighted by Crippen LogP contribution is 2.18. The Kier molecular flexibility index (Phi) is 4.77. The number of para-hydroxylation sites is 1. The van der Waals surface area contributed by atoms with E-state index in [2.05, 4.69) is 11.4 Å². The molecule has 1 aromatic carbocycles. The summed E-state index contributed by atoms with van der Waals surface area (Å²) >= 11 is 0. The summed E-state index contributed by atoms with van der Waals surface area (Å²) in [5.41, 5.74) is 1.13.